The number of hydrogen-bond donors (Lipinski definition) is 1. The van der Waals surface area contributed by atoms with Gasteiger partial charge in [-0.15, -0.1) is 0 Å². The van der Waals surface area contributed by atoms with E-state index < -0.39 is 40.8 Å². The molecule has 1 N–H and O–H groups in total. The molecule has 0 fully saturated rings. The second kappa shape index (κ2) is 7.15. The van der Waals surface area contributed by atoms with Crippen LogP contribution in [0.1, 0.15) is 11.1 Å². The smallest absolute Gasteiger partial charge is 0.328 e. The van der Waals surface area contributed by atoms with Crippen molar-refractivity contribution in [1.82, 2.24) is 15.0 Å². The fourth-order valence-corrected chi connectivity index (χ4v) is 2.88. The summed E-state index contributed by atoms with van der Waals surface area (Å²) in [6, 6.07) is 7.00. The summed E-state index contributed by atoms with van der Waals surface area (Å²) in [6.45, 7) is 0.927. The number of ether oxygens (including phenoxy) is 1. The average Bonchev–Trinajstić information content (AvgIpc) is 3.18. The third kappa shape index (κ3) is 3.28. The Balaban J connectivity index is 1.71. The molecule has 2 heterocycles. The number of fused-ring (bicyclic) bond motifs is 1. The summed E-state index contributed by atoms with van der Waals surface area (Å²) in [5.41, 5.74) is 2.09. The van der Waals surface area contributed by atoms with Crippen LogP contribution in [0.25, 0.3) is 0 Å². The third-order valence-electron chi connectivity index (χ3n) is 4.31. The zero-order valence-electron chi connectivity index (χ0n) is 14.8. The molecule has 0 amide bonds. The van der Waals surface area contributed by atoms with E-state index in [0.717, 1.165) is 11.1 Å². The molecule has 0 radical (unpaired) electrons. The van der Waals surface area contributed by atoms with Crippen LogP contribution in [-0.2, 0) is 13.1 Å². The molecule has 1 aromatic heterocycles. The van der Waals surface area contributed by atoms with Crippen LogP contribution in [0.2, 0.25) is 0 Å². The predicted molar refractivity (Wildman–Crippen MR) is 92.0 cm³/mol. The highest BCUT2D eigenvalue weighted by molar-refractivity contribution is 5.46. The second-order valence-electron chi connectivity index (χ2n) is 6.12. The highest BCUT2D eigenvalue weighted by atomic mass is 19.2. The maximum atomic E-state index is 13.9. The molecule has 150 valence electrons. The summed E-state index contributed by atoms with van der Waals surface area (Å²) in [7, 11) is 1.49. The maximum absolute atomic E-state index is 13.9. The van der Waals surface area contributed by atoms with Gasteiger partial charge in [0.05, 0.1) is 0 Å². The molecule has 0 saturated carbocycles. The summed E-state index contributed by atoms with van der Waals surface area (Å²) >= 11 is 0. The van der Waals surface area contributed by atoms with Crippen molar-refractivity contribution < 1.29 is 26.7 Å². The topological polar surface area (TPSA) is 63.2 Å². The van der Waals surface area contributed by atoms with Crippen LogP contribution >= 0.6 is 0 Å². The molecular weight excluding hydrogens is 397 g/mol. The molecule has 29 heavy (non-hydrogen) atoms. The van der Waals surface area contributed by atoms with Gasteiger partial charge >= 0.3 is 6.01 Å². The monoisotopic (exact) mass is 409 g/mol. The van der Waals surface area contributed by atoms with Gasteiger partial charge in [-0.1, -0.05) is 24.3 Å². The van der Waals surface area contributed by atoms with Gasteiger partial charge in [0.1, 0.15) is 0 Å². The van der Waals surface area contributed by atoms with Crippen molar-refractivity contribution >= 4 is 11.9 Å². The summed E-state index contributed by atoms with van der Waals surface area (Å²) in [4.78, 5) is 13.7. The van der Waals surface area contributed by atoms with Crippen molar-refractivity contribution in [3.8, 4) is 11.8 Å². The Morgan fingerprint density at radius 1 is 0.828 bits per heavy atom. The number of nitrogens with zero attached hydrogens (tertiary/aromatic N) is 4. The quantitative estimate of drug-likeness (QED) is 0.400. The highest BCUT2D eigenvalue weighted by Crippen LogP contribution is 2.33. The summed E-state index contributed by atoms with van der Waals surface area (Å²) in [5, 5.41) is 2.63. The Labute approximate surface area is 161 Å². The standard InChI is InChI=1S/C18H12F5N5O/c1-24-16-25-17(28-6-8-4-2-3-5-9(8)7-28)27-18(26-16)29-15-13(22)11(20)10(19)12(21)14(15)23/h2-5H,6-7H2,1H3,(H,24,25,26,27). The average molecular weight is 409 g/mol. The van der Waals surface area contributed by atoms with E-state index in [2.05, 4.69) is 20.3 Å². The van der Waals surface area contributed by atoms with Gasteiger partial charge in [-0.3, -0.25) is 0 Å². The van der Waals surface area contributed by atoms with Gasteiger partial charge in [0.25, 0.3) is 0 Å². The minimum atomic E-state index is -2.28. The first-order chi connectivity index (χ1) is 13.9. The van der Waals surface area contributed by atoms with Gasteiger partial charge in [0, 0.05) is 20.1 Å². The van der Waals surface area contributed by atoms with Crippen LogP contribution in [0.4, 0.5) is 33.8 Å². The highest BCUT2D eigenvalue weighted by Gasteiger charge is 2.29. The fourth-order valence-electron chi connectivity index (χ4n) is 2.88. The van der Waals surface area contributed by atoms with E-state index in [-0.39, 0.29) is 11.9 Å². The molecule has 2 aromatic carbocycles. The zero-order chi connectivity index (χ0) is 20.7. The Kier molecular flexibility index (Phi) is 4.65. The Hall–Kier alpha value is -3.50. The zero-order valence-corrected chi connectivity index (χ0v) is 14.8. The van der Waals surface area contributed by atoms with Crippen LogP contribution in [-0.4, -0.2) is 22.0 Å². The van der Waals surface area contributed by atoms with E-state index in [1.165, 1.54) is 7.05 Å². The molecule has 1 aliphatic rings. The van der Waals surface area contributed by atoms with E-state index in [1.54, 1.807) is 4.90 Å². The first kappa shape index (κ1) is 18.8. The minimum Gasteiger partial charge on any atom is -0.418 e. The molecular formula is C18H12F5N5O. The summed E-state index contributed by atoms with van der Waals surface area (Å²) in [5.74, 6) is -12.2. The fraction of sp³-hybridized carbons (Fsp3) is 0.167. The Bertz CT molecular complexity index is 1060. The van der Waals surface area contributed by atoms with Gasteiger partial charge in [0.2, 0.25) is 46.7 Å². The lowest BCUT2D eigenvalue weighted by Gasteiger charge is -2.17. The molecule has 11 heteroatoms. The molecule has 0 aliphatic carbocycles. The number of hydrogen-bond acceptors (Lipinski definition) is 6. The van der Waals surface area contributed by atoms with Gasteiger partial charge < -0.3 is 15.0 Å². The SMILES string of the molecule is CNc1nc(Oc2c(F)c(F)c(F)c(F)c2F)nc(N2Cc3ccccc3C2)n1. The van der Waals surface area contributed by atoms with E-state index >= 15 is 0 Å². The Morgan fingerprint density at radius 3 is 1.93 bits per heavy atom. The van der Waals surface area contributed by atoms with Crippen molar-refractivity contribution in [2.75, 3.05) is 17.3 Å². The van der Waals surface area contributed by atoms with Gasteiger partial charge in [0.15, 0.2) is 0 Å². The lowest BCUT2D eigenvalue weighted by atomic mass is 10.1. The third-order valence-corrected chi connectivity index (χ3v) is 4.31. The number of halogens is 5. The number of benzene rings is 2. The van der Waals surface area contributed by atoms with Crippen LogP contribution in [0, 0.1) is 29.1 Å². The van der Waals surface area contributed by atoms with Crippen LogP contribution in [0.15, 0.2) is 24.3 Å². The predicted octanol–water partition coefficient (Wildman–Crippen LogP) is 3.92. The molecule has 0 atom stereocenters. The molecule has 1 aliphatic heterocycles. The largest absolute Gasteiger partial charge is 0.418 e. The van der Waals surface area contributed by atoms with E-state index in [4.69, 9.17) is 4.74 Å². The number of nitrogens with one attached hydrogen (secondary N) is 1. The lowest BCUT2D eigenvalue weighted by molar-refractivity contribution is 0.322. The minimum absolute atomic E-state index is 0.00942. The van der Waals surface area contributed by atoms with Crippen LogP contribution in [0.3, 0.4) is 0 Å². The number of anilines is 2. The molecule has 0 bridgehead atoms. The Morgan fingerprint density at radius 2 is 1.38 bits per heavy atom. The van der Waals surface area contributed by atoms with E-state index in [1.807, 2.05) is 24.3 Å². The first-order valence-electron chi connectivity index (χ1n) is 8.34. The molecule has 0 saturated heterocycles. The van der Waals surface area contributed by atoms with Crippen molar-refractivity contribution in [1.29, 1.82) is 0 Å². The molecule has 4 rings (SSSR count). The van der Waals surface area contributed by atoms with Crippen LogP contribution < -0.4 is 15.0 Å². The molecule has 3 aromatic rings. The number of aromatic nitrogens is 3. The molecule has 0 unspecified atom stereocenters. The van der Waals surface area contributed by atoms with Crippen molar-refractivity contribution in [3.63, 3.8) is 0 Å². The van der Waals surface area contributed by atoms with E-state index in [0.29, 0.717) is 13.1 Å². The second-order valence-corrected chi connectivity index (χ2v) is 6.12. The maximum Gasteiger partial charge on any atom is 0.328 e. The van der Waals surface area contributed by atoms with E-state index in [9.17, 15) is 22.0 Å². The first-order valence-corrected chi connectivity index (χ1v) is 8.34. The summed E-state index contributed by atoms with van der Waals surface area (Å²) < 4.78 is 72.7. The van der Waals surface area contributed by atoms with Crippen molar-refractivity contribution in [2.45, 2.75) is 13.1 Å². The summed E-state index contributed by atoms with van der Waals surface area (Å²) in [6.07, 6.45) is 0. The molecule has 0 spiro atoms. The number of rotatable bonds is 4. The van der Waals surface area contributed by atoms with Gasteiger partial charge in [-0.25, -0.2) is 13.2 Å². The van der Waals surface area contributed by atoms with Gasteiger partial charge in [-0.2, -0.15) is 23.7 Å². The van der Waals surface area contributed by atoms with Crippen molar-refractivity contribution in [2.24, 2.45) is 0 Å². The van der Waals surface area contributed by atoms with Crippen LogP contribution in [0.5, 0.6) is 11.8 Å². The normalized spacial score (nSPS) is 12.8. The van der Waals surface area contributed by atoms with Gasteiger partial charge in [-0.05, 0) is 11.1 Å². The van der Waals surface area contributed by atoms with Crippen molar-refractivity contribution in [3.05, 3.63) is 64.5 Å². The lowest BCUT2D eigenvalue weighted by Crippen LogP contribution is -2.19. The molecule has 6 nitrogen and oxygen atoms in total.